The summed E-state index contributed by atoms with van der Waals surface area (Å²) in [6.45, 7) is 0. The number of hydrogen-bond donors (Lipinski definition) is 2. The molecule has 1 aromatic carbocycles. The summed E-state index contributed by atoms with van der Waals surface area (Å²) < 4.78 is 0. The average Bonchev–Trinajstić information content (AvgIpc) is 2.43. The van der Waals surface area contributed by atoms with Gasteiger partial charge in [0.15, 0.2) is 0 Å². The Labute approximate surface area is 80.3 Å². The van der Waals surface area contributed by atoms with Gasteiger partial charge >= 0.3 is 0 Å². The zero-order valence-electron chi connectivity index (χ0n) is 7.38. The molecule has 5 nitrogen and oxygen atoms in total. The maximum absolute atomic E-state index is 10.5. The quantitative estimate of drug-likeness (QED) is 0.503. The highest BCUT2D eigenvalue weighted by atomic mass is 16.6. The summed E-state index contributed by atoms with van der Waals surface area (Å²) >= 11 is 0. The van der Waals surface area contributed by atoms with Gasteiger partial charge in [0.2, 0.25) is 0 Å². The van der Waals surface area contributed by atoms with E-state index in [-0.39, 0.29) is 5.69 Å². The first-order chi connectivity index (χ1) is 6.59. The molecule has 2 rings (SSSR count). The molecule has 0 bridgehead atoms. The topological polar surface area (TPSA) is 89.4 Å². The molecule has 0 unspecified atom stereocenters. The third-order valence-electron chi connectivity index (χ3n) is 2.54. The van der Waals surface area contributed by atoms with E-state index in [4.69, 9.17) is 5.73 Å². The Hall–Kier alpha value is -1.46. The highest BCUT2D eigenvalue weighted by Crippen LogP contribution is 2.32. The molecule has 1 aromatic rings. The van der Waals surface area contributed by atoms with Crippen molar-refractivity contribution in [2.75, 3.05) is 0 Å². The minimum absolute atomic E-state index is 0.0216. The monoisotopic (exact) mass is 194 g/mol. The maximum Gasteiger partial charge on any atom is 0.269 e. The molecule has 0 aliphatic heterocycles. The number of fused-ring (bicyclic) bond motifs is 1. The Balaban J connectivity index is 2.46. The number of rotatable bonds is 1. The van der Waals surface area contributed by atoms with E-state index in [1.807, 2.05) is 0 Å². The summed E-state index contributed by atoms with van der Waals surface area (Å²) in [6, 6.07) is 4.04. The molecule has 14 heavy (non-hydrogen) atoms. The van der Waals surface area contributed by atoms with Crippen LogP contribution in [0.1, 0.15) is 17.2 Å². The standard InChI is InChI=1S/C9H10N2O3/c10-9-7-4-6(11(13)14)2-1-5(7)3-8(9)12/h1-2,4,8-9,12H,3,10H2/t8-,9+/m0/s1. The van der Waals surface area contributed by atoms with Crippen molar-refractivity contribution in [2.45, 2.75) is 18.6 Å². The summed E-state index contributed by atoms with van der Waals surface area (Å²) in [4.78, 5) is 10.0. The summed E-state index contributed by atoms with van der Waals surface area (Å²) in [5.74, 6) is 0. The Morgan fingerprint density at radius 1 is 1.57 bits per heavy atom. The van der Waals surface area contributed by atoms with E-state index in [9.17, 15) is 15.2 Å². The van der Waals surface area contributed by atoms with Crippen molar-refractivity contribution in [1.29, 1.82) is 0 Å². The van der Waals surface area contributed by atoms with Gasteiger partial charge in [-0.2, -0.15) is 0 Å². The van der Waals surface area contributed by atoms with Gasteiger partial charge < -0.3 is 10.8 Å². The van der Waals surface area contributed by atoms with Crippen molar-refractivity contribution in [1.82, 2.24) is 0 Å². The first-order valence-electron chi connectivity index (χ1n) is 4.30. The molecule has 0 amide bonds. The van der Waals surface area contributed by atoms with E-state index < -0.39 is 17.1 Å². The van der Waals surface area contributed by atoms with Crippen LogP contribution in [0.25, 0.3) is 0 Å². The third-order valence-corrected chi connectivity index (χ3v) is 2.54. The lowest BCUT2D eigenvalue weighted by Gasteiger charge is -2.07. The molecule has 5 heteroatoms. The van der Waals surface area contributed by atoms with Gasteiger partial charge in [-0.25, -0.2) is 0 Å². The molecular weight excluding hydrogens is 184 g/mol. The second-order valence-electron chi connectivity index (χ2n) is 3.44. The van der Waals surface area contributed by atoms with Gasteiger partial charge in [-0.15, -0.1) is 0 Å². The molecule has 0 aromatic heterocycles. The SMILES string of the molecule is N[C@@H]1c2cc([N+](=O)[O-])ccc2C[C@@H]1O. The lowest BCUT2D eigenvalue weighted by molar-refractivity contribution is -0.384. The van der Waals surface area contributed by atoms with Crippen LogP contribution in [0.15, 0.2) is 18.2 Å². The summed E-state index contributed by atoms with van der Waals surface area (Å²) in [7, 11) is 0. The molecule has 0 fully saturated rings. The van der Waals surface area contributed by atoms with Gasteiger partial charge in [-0.1, -0.05) is 6.07 Å². The molecule has 0 saturated heterocycles. The number of non-ortho nitro benzene ring substituents is 1. The second-order valence-corrected chi connectivity index (χ2v) is 3.44. The fraction of sp³-hybridized carbons (Fsp3) is 0.333. The van der Waals surface area contributed by atoms with E-state index in [0.717, 1.165) is 5.56 Å². The van der Waals surface area contributed by atoms with Gasteiger partial charge in [0.05, 0.1) is 17.1 Å². The lowest BCUT2D eigenvalue weighted by Crippen LogP contribution is -2.21. The van der Waals surface area contributed by atoms with Gasteiger partial charge in [0, 0.05) is 18.6 Å². The highest BCUT2D eigenvalue weighted by molar-refractivity contribution is 5.44. The first kappa shape index (κ1) is 9.11. The van der Waals surface area contributed by atoms with Gasteiger partial charge in [-0.05, 0) is 11.1 Å². The van der Waals surface area contributed by atoms with E-state index in [1.54, 1.807) is 6.07 Å². The largest absolute Gasteiger partial charge is 0.391 e. The van der Waals surface area contributed by atoms with Gasteiger partial charge in [0.1, 0.15) is 0 Å². The molecule has 1 aliphatic carbocycles. The number of nitrogens with zero attached hydrogens (tertiary/aromatic N) is 1. The van der Waals surface area contributed by atoms with Gasteiger partial charge in [0.25, 0.3) is 5.69 Å². The Morgan fingerprint density at radius 3 is 2.93 bits per heavy atom. The number of benzene rings is 1. The van der Waals surface area contributed by atoms with E-state index >= 15 is 0 Å². The number of nitro benzene ring substituents is 1. The van der Waals surface area contributed by atoms with Crippen LogP contribution in [0.2, 0.25) is 0 Å². The number of nitrogens with two attached hydrogens (primary N) is 1. The van der Waals surface area contributed by atoms with Crippen molar-refractivity contribution in [3.63, 3.8) is 0 Å². The van der Waals surface area contributed by atoms with Crippen LogP contribution in [0.4, 0.5) is 5.69 Å². The van der Waals surface area contributed by atoms with Crippen molar-refractivity contribution in [3.05, 3.63) is 39.4 Å². The fourth-order valence-electron chi connectivity index (χ4n) is 1.75. The molecule has 0 spiro atoms. The summed E-state index contributed by atoms with van der Waals surface area (Å²) in [5.41, 5.74) is 7.29. The zero-order valence-corrected chi connectivity index (χ0v) is 7.38. The van der Waals surface area contributed by atoms with Crippen LogP contribution in [-0.2, 0) is 6.42 Å². The van der Waals surface area contributed by atoms with E-state index in [2.05, 4.69) is 0 Å². The predicted molar refractivity (Wildman–Crippen MR) is 49.7 cm³/mol. The van der Waals surface area contributed by atoms with Gasteiger partial charge in [-0.3, -0.25) is 10.1 Å². The summed E-state index contributed by atoms with van der Waals surface area (Å²) in [6.07, 6.45) is -0.138. The zero-order chi connectivity index (χ0) is 10.3. The number of hydrogen-bond acceptors (Lipinski definition) is 4. The smallest absolute Gasteiger partial charge is 0.269 e. The van der Waals surface area contributed by atoms with Crippen LogP contribution in [0.3, 0.4) is 0 Å². The lowest BCUT2D eigenvalue weighted by atomic mass is 10.1. The molecule has 1 aliphatic rings. The molecule has 0 heterocycles. The Kier molecular flexibility index (Phi) is 1.98. The minimum atomic E-state index is -0.619. The molecule has 0 saturated carbocycles. The van der Waals surface area contributed by atoms with Crippen molar-refractivity contribution in [2.24, 2.45) is 5.73 Å². The van der Waals surface area contributed by atoms with Crippen LogP contribution in [0, 0.1) is 10.1 Å². The van der Waals surface area contributed by atoms with Crippen LogP contribution >= 0.6 is 0 Å². The van der Waals surface area contributed by atoms with Crippen LogP contribution < -0.4 is 5.73 Å². The number of aliphatic hydroxyl groups is 1. The third kappa shape index (κ3) is 1.26. The Bertz CT molecular complexity index is 392. The van der Waals surface area contributed by atoms with Crippen LogP contribution in [0.5, 0.6) is 0 Å². The average molecular weight is 194 g/mol. The Morgan fingerprint density at radius 2 is 2.29 bits per heavy atom. The van der Waals surface area contributed by atoms with Crippen molar-refractivity contribution >= 4 is 5.69 Å². The van der Waals surface area contributed by atoms with Crippen molar-refractivity contribution in [3.8, 4) is 0 Å². The van der Waals surface area contributed by atoms with E-state index in [1.165, 1.54) is 12.1 Å². The van der Waals surface area contributed by atoms with Crippen LogP contribution in [-0.4, -0.2) is 16.1 Å². The van der Waals surface area contributed by atoms with Crippen molar-refractivity contribution < 1.29 is 10.0 Å². The molecule has 2 atom stereocenters. The molecule has 3 N–H and O–H groups in total. The molecular formula is C9H10N2O3. The molecule has 74 valence electrons. The minimum Gasteiger partial charge on any atom is -0.391 e. The van der Waals surface area contributed by atoms with E-state index in [0.29, 0.717) is 12.0 Å². The fourth-order valence-corrected chi connectivity index (χ4v) is 1.75. The first-order valence-corrected chi connectivity index (χ1v) is 4.30. The number of aliphatic hydroxyl groups excluding tert-OH is 1. The molecule has 0 radical (unpaired) electrons. The predicted octanol–water partition coefficient (Wildman–Crippen LogP) is 0.512. The maximum atomic E-state index is 10.5. The second kappa shape index (κ2) is 3.04. The summed E-state index contributed by atoms with van der Waals surface area (Å²) in [5, 5.41) is 19.9. The number of nitro groups is 1. The normalized spacial score (nSPS) is 24.7. The highest BCUT2D eigenvalue weighted by Gasteiger charge is 2.29.